The van der Waals surface area contributed by atoms with Crippen molar-refractivity contribution in [3.63, 3.8) is 0 Å². The molecule has 0 bridgehead atoms. The number of phenols is 1. The molecule has 0 saturated heterocycles. The van der Waals surface area contributed by atoms with Gasteiger partial charge in [-0.05, 0) is 56.2 Å². The van der Waals surface area contributed by atoms with E-state index in [1.807, 2.05) is 12.1 Å². The molecule has 0 fully saturated rings. The summed E-state index contributed by atoms with van der Waals surface area (Å²) in [6, 6.07) is 8.94. The molecule has 0 spiro atoms. The number of rotatable bonds is 9. The monoisotopic (exact) mass is 291 g/mol. The predicted molar refractivity (Wildman–Crippen MR) is 91.8 cm³/mol. The lowest BCUT2D eigenvalue weighted by atomic mass is 10.00. The van der Waals surface area contributed by atoms with Crippen LogP contribution in [0.4, 0.5) is 0 Å². The van der Waals surface area contributed by atoms with Crippen molar-refractivity contribution < 1.29 is 5.11 Å². The van der Waals surface area contributed by atoms with Crippen LogP contribution in [-0.4, -0.2) is 28.6 Å². The SMILES string of the molecule is CCC(CC)N(CC(C)C)C(C)CCc1ccc(O)cc1. The molecule has 0 saturated carbocycles. The van der Waals surface area contributed by atoms with Gasteiger partial charge >= 0.3 is 0 Å². The minimum absolute atomic E-state index is 0.352. The lowest BCUT2D eigenvalue weighted by Gasteiger charge is -2.37. The summed E-state index contributed by atoms with van der Waals surface area (Å²) in [5, 5.41) is 9.35. The first-order valence-corrected chi connectivity index (χ1v) is 8.51. The highest BCUT2D eigenvalue weighted by Gasteiger charge is 2.21. The summed E-state index contributed by atoms with van der Waals surface area (Å²) >= 11 is 0. The minimum Gasteiger partial charge on any atom is -0.508 e. The molecule has 2 nitrogen and oxygen atoms in total. The Balaban J connectivity index is 2.62. The van der Waals surface area contributed by atoms with Crippen LogP contribution in [0, 0.1) is 5.92 Å². The van der Waals surface area contributed by atoms with Crippen LogP contribution in [0.3, 0.4) is 0 Å². The molecule has 0 aromatic heterocycles. The number of hydrogen-bond acceptors (Lipinski definition) is 2. The lowest BCUT2D eigenvalue weighted by Crippen LogP contribution is -2.43. The Hall–Kier alpha value is -1.02. The van der Waals surface area contributed by atoms with E-state index in [1.165, 1.54) is 31.4 Å². The second-order valence-electron chi connectivity index (χ2n) is 6.62. The highest BCUT2D eigenvalue weighted by Crippen LogP contribution is 2.19. The molecule has 1 N–H and O–H groups in total. The van der Waals surface area contributed by atoms with Crippen LogP contribution in [0.15, 0.2) is 24.3 Å². The molecule has 1 unspecified atom stereocenters. The van der Waals surface area contributed by atoms with Gasteiger partial charge in [-0.3, -0.25) is 4.90 Å². The van der Waals surface area contributed by atoms with E-state index >= 15 is 0 Å². The third-order valence-corrected chi connectivity index (χ3v) is 4.34. The van der Waals surface area contributed by atoms with E-state index in [9.17, 15) is 5.11 Å². The van der Waals surface area contributed by atoms with Crippen molar-refractivity contribution in [2.45, 2.75) is 72.4 Å². The molecule has 0 aliphatic rings. The fraction of sp³-hybridized carbons (Fsp3) is 0.684. The van der Waals surface area contributed by atoms with E-state index in [0.29, 0.717) is 23.8 Å². The number of aromatic hydroxyl groups is 1. The summed E-state index contributed by atoms with van der Waals surface area (Å²) in [7, 11) is 0. The molecule has 1 aromatic carbocycles. The molecular weight excluding hydrogens is 258 g/mol. The third kappa shape index (κ3) is 6.09. The standard InChI is InChI=1S/C19H33NO/c1-6-18(7-2)20(14-15(3)4)16(5)8-9-17-10-12-19(21)13-11-17/h10-13,15-16,18,21H,6-9,14H2,1-5H3. The zero-order valence-electron chi connectivity index (χ0n) is 14.5. The van der Waals surface area contributed by atoms with Gasteiger partial charge in [-0.15, -0.1) is 0 Å². The van der Waals surface area contributed by atoms with Crippen molar-refractivity contribution >= 4 is 0 Å². The molecular formula is C19H33NO. The summed E-state index contributed by atoms with van der Waals surface area (Å²) in [5.41, 5.74) is 1.31. The molecule has 0 radical (unpaired) electrons. The molecule has 0 aliphatic heterocycles. The van der Waals surface area contributed by atoms with Gasteiger partial charge in [0.15, 0.2) is 0 Å². The van der Waals surface area contributed by atoms with Crippen LogP contribution in [-0.2, 0) is 6.42 Å². The third-order valence-electron chi connectivity index (χ3n) is 4.34. The van der Waals surface area contributed by atoms with Crippen LogP contribution in [0.5, 0.6) is 5.75 Å². The minimum atomic E-state index is 0.352. The van der Waals surface area contributed by atoms with E-state index in [1.54, 1.807) is 12.1 Å². The molecule has 0 aliphatic carbocycles. The molecule has 1 rings (SSSR count). The van der Waals surface area contributed by atoms with Crippen LogP contribution in [0.25, 0.3) is 0 Å². The van der Waals surface area contributed by atoms with Crippen LogP contribution in [0.2, 0.25) is 0 Å². The largest absolute Gasteiger partial charge is 0.508 e. The first-order chi connectivity index (χ1) is 9.97. The van der Waals surface area contributed by atoms with Crippen molar-refractivity contribution in [1.82, 2.24) is 4.90 Å². The fourth-order valence-corrected chi connectivity index (χ4v) is 3.07. The van der Waals surface area contributed by atoms with Crippen molar-refractivity contribution in [2.24, 2.45) is 5.92 Å². The van der Waals surface area contributed by atoms with E-state index in [-0.39, 0.29) is 0 Å². The summed E-state index contributed by atoms with van der Waals surface area (Å²) in [6.07, 6.45) is 4.71. The predicted octanol–water partition coefficient (Wildman–Crippen LogP) is 4.86. The average Bonchev–Trinajstić information content (AvgIpc) is 2.46. The summed E-state index contributed by atoms with van der Waals surface area (Å²) in [4.78, 5) is 2.70. The highest BCUT2D eigenvalue weighted by atomic mass is 16.3. The van der Waals surface area contributed by atoms with E-state index in [0.717, 1.165) is 6.42 Å². The maximum Gasteiger partial charge on any atom is 0.115 e. The Bertz CT molecular complexity index is 381. The van der Waals surface area contributed by atoms with Crippen molar-refractivity contribution in [3.05, 3.63) is 29.8 Å². The Kier molecular flexibility index (Phi) is 7.81. The molecule has 2 heteroatoms. The van der Waals surface area contributed by atoms with Crippen LogP contribution in [0.1, 0.15) is 59.4 Å². The van der Waals surface area contributed by atoms with Crippen LogP contribution < -0.4 is 0 Å². The van der Waals surface area contributed by atoms with Gasteiger partial charge in [0.2, 0.25) is 0 Å². The van der Waals surface area contributed by atoms with Gasteiger partial charge in [0.1, 0.15) is 5.75 Å². The van der Waals surface area contributed by atoms with Gasteiger partial charge in [0.05, 0.1) is 0 Å². The van der Waals surface area contributed by atoms with Gasteiger partial charge in [-0.2, -0.15) is 0 Å². The second kappa shape index (κ2) is 9.09. The number of benzene rings is 1. The maximum atomic E-state index is 9.35. The zero-order chi connectivity index (χ0) is 15.8. The molecule has 1 aromatic rings. The van der Waals surface area contributed by atoms with Gasteiger partial charge in [0, 0.05) is 18.6 Å². The smallest absolute Gasteiger partial charge is 0.115 e. The number of hydrogen-bond donors (Lipinski definition) is 1. The summed E-state index contributed by atoms with van der Waals surface area (Å²) in [5.74, 6) is 1.06. The van der Waals surface area contributed by atoms with Crippen molar-refractivity contribution in [1.29, 1.82) is 0 Å². The number of aryl methyl sites for hydroxylation is 1. The molecule has 1 atom stereocenters. The van der Waals surface area contributed by atoms with Gasteiger partial charge in [-0.25, -0.2) is 0 Å². The quantitative estimate of drug-likeness (QED) is 0.702. The maximum absolute atomic E-state index is 9.35. The van der Waals surface area contributed by atoms with E-state index in [2.05, 4.69) is 39.5 Å². The summed E-state index contributed by atoms with van der Waals surface area (Å²) < 4.78 is 0. The fourth-order valence-electron chi connectivity index (χ4n) is 3.07. The zero-order valence-corrected chi connectivity index (χ0v) is 14.5. The lowest BCUT2D eigenvalue weighted by molar-refractivity contribution is 0.113. The Morgan fingerprint density at radius 2 is 1.57 bits per heavy atom. The number of nitrogens with zero attached hydrogens (tertiary/aromatic N) is 1. The van der Waals surface area contributed by atoms with Crippen molar-refractivity contribution in [2.75, 3.05) is 6.54 Å². The topological polar surface area (TPSA) is 23.5 Å². The Labute approximate surface area is 131 Å². The highest BCUT2D eigenvalue weighted by molar-refractivity contribution is 5.25. The normalized spacial score (nSPS) is 13.3. The second-order valence-corrected chi connectivity index (χ2v) is 6.62. The molecule has 0 heterocycles. The van der Waals surface area contributed by atoms with Crippen molar-refractivity contribution in [3.8, 4) is 5.75 Å². The summed E-state index contributed by atoms with van der Waals surface area (Å²) in [6.45, 7) is 12.8. The Morgan fingerprint density at radius 1 is 1.00 bits per heavy atom. The first kappa shape index (κ1) is 18.0. The number of phenolic OH excluding ortho intramolecular Hbond substituents is 1. The molecule has 120 valence electrons. The van der Waals surface area contributed by atoms with Gasteiger partial charge in [0.25, 0.3) is 0 Å². The van der Waals surface area contributed by atoms with E-state index in [4.69, 9.17) is 0 Å². The van der Waals surface area contributed by atoms with Gasteiger partial charge in [-0.1, -0.05) is 39.8 Å². The van der Waals surface area contributed by atoms with Gasteiger partial charge < -0.3 is 5.11 Å². The van der Waals surface area contributed by atoms with E-state index < -0.39 is 0 Å². The Morgan fingerprint density at radius 3 is 2.05 bits per heavy atom. The first-order valence-electron chi connectivity index (χ1n) is 8.51. The molecule has 21 heavy (non-hydrogen) atoms. The van der Waals surface area contributed by atoms with Crippen LogP contribution >= 0.6 is 0 Å². The molecule has 0 amide bonds. The average molecular weight is 291 g/mol.